The zero-order valence-corrected chi connectivity index (χ0v) is 22.3. The Bertz CT molecular complexity index is 1240. The molecule has 0 radical (unpaired) electrons. The van der Waals surface area contributed by atoms with Crippen LogP contribution in [0, 0.1) is 0 Å². The van der Waals surface area contributed by atoms with Gasteiger partial charge in [0, 0.05) is 49.5 Å². The second-order valence-corrected chi connectivity index (χ2v) is 9.89. The van der Waals surface area contributed by atoms with Crippen molar-refractivity contribution in [3.8, 4) is 5.88 Å². The molecule has 3 aromatic rings. The summed E-state index contributed by atoms with van der Waals surface area (Å²) in [6.45, 7) is 7.52. The zero-order chi connectivity index (χ0) is 26.5. The van der Waals surface area contributed by atoms with Crippen molar-refractivity contribution in [3.05, 3.63) is 51.5 Å². The van der Waals surface area contributed by atoms with Gasteiger partial charge in [-0.1, -0.05) is 23.2 Å². The summed E-state index contributed by atoms with van der Waals surface area (Å²) >= 11 is 12.2. The van der Waals surface area contributed by atoms with Gasteiger partial charge in [-0.25, -0.2) is 19.3 Å². The quantitative estimate of drug-likeness (QED) is 0.378. The number of hydrogen-bond donors (Lipinski definition) is 1. The Kier molecular flexibility index (Phi) is 9.10. The van der Waals surface area contributed by atoms with Gasteiger partial charge < -0.3 is 19.5 Å². The first-order valence-electron chi connectivity index (χ1n) is 11.3. The number of rotatable bonds is 10. The molecule has 10 nitrogen and oxygen atoms in total. The molecule has 1 atom stereocenters. The van der Waals surface area contributed by atoms with Crippen LogP contribution in [0.4, 0.5) is 4.79 Å². The molecule has 0 saturated carbocycles. The minimum atomic E-state index is -0.596. The Morgan fingerprint density at radius 2 is 1.83 bits per heavy atom. The third-order valence-corrected chi connectivity index (χ3v) is 5.38. The Morgan fingerprint density at radius 3 is 2.53 bits per heavy atom. The summed E-state index contributed by atoms with van der Waals surface area (Å²) in [4.78, 5) is 33.4. The fourth-order valence-electron chi connectivity index (χ4n) is 3.47. The Morgan fingerprint density at radius 1 is 1.11 bits per heavy atom. The molecule has 0 aliphatic rings. The topological polar surface area (TPSA) is 117 Å². The Labute approximate surface area is 219 Å². The van der Waals surface area contributed by atoms with Gasteiger partial charge in [0.15, 0.2) is 10.8 Å². The van der Waals surface area contributed by atoms with Crippen LogP contribution in [0.25, 0.3) is 5.65 Å². The summed E-state index contributed by atoms with van der Waals surface area (Å²) in [7, 11) is 1.58. The third-order valence-electron chi connectivity index (χ3n) is 4.99. The summed E-state index contributed by atoms with van der Waals surface area (Å²) in [5.74, 6) is 0.149. The third kappa shape index (κ3) is 7.52. The van der Waals surface area contributed by atoms with E-state index in [9.17, 15) is 9.59 Å². The van der Waals surface area contributed by atoms with Crippen LogP contribution in [0.15, 0.2) is 24.5 Å². The maximum absolute atomic E-state index is 13.1. The molecule has 3 heterocycles. The van der Waals surface area contributed by atoms with E-state index in [2.05, 4.69) is 20.4 Å². The molecule has 36 heavy (non-hydrogen) atoms. The number of halogens is 2. The lowest BCUT2D eigenvalue weighted by molar-refractivity contribution is -0.117. The van der Waals surface area contributed by atoms with E-state index in [1.54, 1.807) is 50.7 Å². The number of methoxy groups -OCH3 is 1. The van der Waals surface area contributed by atoms with Gasteiger partial charge >= 0.3 is 6.09 Å². The first-order valence-corrected chi connectivity index (χ1v) is 12.0. The van der Waals surface area contributed by atoms with Crippen LogP contribution in [-0.4, -0.2) is 57.3 Å². The maximum atomic E-state index is 13.1. The highest BCUT2D eigenvalue weighted by Crippen LogP contribution is 2.25. The molecule has 0 saturated heterocycles. The van der Waals surface area contributed by atoms with Crippen LogP contribution in [0.5, 0.6) is 5.88 Å². The van der Waals surface area contributed by atoms with Gasteiger partial charge in [0.25, 0.3) is 0 Å². The van der Waals surface area contributed by atoms with E-state index in [1.807, 2.05) is 6.92 Å². The second-order valence-electron chi connectivity index (χ2n) is 9.07. The fourth-order valence-corrected chi connectivity index (χ4v) is 3.82. The monoisotopic (exact) mass is 537 g/mol. The van der Waals surface area contributed by atoms with Crippen LogP contribution >= 0.6 is 23.2 Å². The number of hydrogen-bond acceptors (Lipinski definition) is 8. The number of ketones is 1. The predicted octanol–water partition coefficient (Wildman–Crippen LogP) is 4.40. The largest absolute Gasteiger partial charge is 0.476 e. The number of pyridine rings is 1. The van der Waals surface area contributed by atoms with Gasteiger partial charge in [0.1, 0.15) is 18.0 Å². The van der Waals surface area contributed by atoms with Gasteiger partial charge in [0.2, 0.25) is 5.88 Å². The molecule has 1 N–H and O–H groups in total. The van der Waals surface area contributed by atoms with E-state index < -0.39 is 11.7 Å². The number of nitrogens with zero attached hydrogens (tertiary/aromatic N) is 4. The van der Waals surface area contributed by atoms with Crippen LogP contribution in [0.3, 0.4) is 0 Å². The highest BCUT2D eigenvalue weighted by Gasteiger charge is 2.21. The summed E-state index contributed by atoms with van der Waals surface area (Å²) in [5, 5.41) is 7.55. The lowest BCUT2D eigenvalue weighted by Crippen LogP contribution is -2.34. The average Bonchev–Trinajstić information content (AvgIpc) is 3.16. The number of alkyl carbamates (subject to hydrolysis) is 1. The molecule has 0 spiro atoms. The Hall–Kier alpha value is -2.95. The molecule has 0 aromatic carbocycles. The van der Waals surface area contributed by atoms with Crippen LogP contribution in [-0.2, 0) is 27.1 Å². The number of carbonyl (C=O) groups is 2. The number of nitrogens with one attached hydrogen (secondary N) is 1. The number of fused-ring (bicyclic) bond motifs is 1. The smallest absolute Gasteiger partial charge is 0.407 e. The fraction of sp³-hybridized carbons (Fsp3) is 0.458. The maximum Gasteiger partial charge on any atom is 0.407 e. The number of aromatic nitrogens is 4. The molecule has 0 aliphatic carbocycles. The van der Waals surface area contributed by atoms with Gasteiger partial charge in [-0.3, -0.25) is 4.79 Å². The minimum Gasteiger partial charge on any atom is -0.476 e. The van der Waals surface area contributed by atoms with E-state index in [0.717, 1.165) is 0 Å². The minimum absolute atomic E-state index is 0.0289. The standard InChI is InChI=1S/C24H29Cl2N5O5/c1-14(34-5)21-16(12-28-20-11-19(26)30-31(20)21)10-18(32)9-15-8-17(25)13-29-22(15)35-7-6-27-23(33)36-24(2,3)4/h8,11-14H,6-7,9-10H2,1-5H3,(H,27,33)/t14-/m0/s1. The summed E-state index contributed by atoms with van der Waals surface area (Å²) in [5.41, 5.74) is 1.85. The molecule has 194 valence electrons. The molecule has 0 unspecified atom stereocenters. The average molecular weight is 538 g/mol. The van der Waals surface area contributed by atoms with Crippen molar-refractivity contribution < 1.29 is 23.8 Å². The number of carbonyl (C=O) groups excluding carboxylic acids is 2. The predicted molar refractivity (Wildman–Crippen MR) is 135 cm³/mol. The van der Waals surface area contributed by atoms with Crippen molar-refractivity contribution in [1.29, 1.82) is 0 Å². The molecular formula is C24H29Cl2N5O5. The van der Waals surface area contributed by atoms with E-state index >= 15 is 0 Å². The normalized spacial score (nSPS) is 12.4. The van der Waals surface area contributed by atoms with Gasteiger partial charge in [-0.05, 0) is 33.8 Å². The molecule has 3 aromatic heterocycles. The summed E-state index contributed by atoms with van der Waals surface area (Å²) < 4.78 is 18.0. The van der Waals surface area contributed by atoms with Gasteiger partial charge in [-0.2, -0.15) is 5.10 Å². The van der Waals surface area contributed by atoms with Crippen LogP contribution in [0.2, 0.25) is 10.2 Å². The lowest BCUT2D eigenvalue weighted by Gasteiger charge is -2.19. The van der Waals surface area contributed by atoms with E-state index in [1.165, 1.54) is 6.20 Å². The molecule has 3 rings (SSSR count). The molecule has 12 heteroatoms. The zero-order valence-electron chi connectivity index (χ0n) is 20.8. The van der Waals surface area contributed by atoms with Crippen LogP contribution < -0.4 is 10.1 Å². The molecular weight excluding hydrogens is 509 g/mol. The van der Waals surface area contributed by atoms with Crippen molar-refractivity contribution in [1.82, 2.24) is 24.9 Å². The van der Waals surface area contributed by atoms with Crippen molar-refractivity contribution in [3.63, 3.8) is 0 Å². The van der Waals surface area contributed by atoms with Crippen molar-refractivity contribution >= 4 is 40.7 Å². The van der Waals surface area contributed by atoms with Crippen molar-refractivity contribution in [2.24, 2.45) is 0 Å². The Balaban J connectivity index is 1.69. The van der Waals surface area contributed by atoms with Crippen molar-refractivity contribution in [2.45, 2.75) is 52.2 Å². The lowest BCUT2D eigenvalue weighted by atomic mass is 10.0. The molecule has 0 bridgehead atoms. The summed E-state index contributed by atoms with van der Waals surface area (Å²) in [6.07, 6.45) is 2.28. The SMILES string of the molecule is CO[C@@H](C)c1c(CC(=O)Cc2cc(Cl)cnc2OCCNC(=O)OC(C)(C)C)cnc2cc(Cl)nn12. The summed E-state index contributed by atoms with van der Waals surface area (Å²) in [6, 6.07) is 3.27. The van der Waals surface area contributed by atoms with Gasteiger partial charge in [0.05, 0.1) is 23.4 Å². The van der Waals surface area contributed by atoms with Crippen LogP contribution in [0.1, 0.15) is 50.6 Å². The number of ether oxygens (including phenoxy) is 3. The van der Waals surface area contributed by atoms with E-state index in [4.69, 9.17) is 37.4 Å². The molecule has 0 aliphatic heterocycles. The first kappa shape index (κ1) is 27.6. The highest BCUT2D eigenvalue weighted by molar-refractivity contribution is 6.30. The number of amides is 1. The molecule has 1 amide bonds. The van der Waals surface area contributed by atoms with Gasteiger partial charge in [-0.15, -0.1) is 0 Å². The second kappa shape index (κ2) is 11.9. The first-order chi connectivity index (χ1) is 17.0. The van der Waals surface area contributed by atoms with Crippen molar-refractivity contribution in [2.75, 3.05) is 20.3 Å². The number of Topliss-reactive ketones (excluding diaryl/α,β-unsaturated/α-hetero) is 1. The van der Waals surface area contributed by atoms with E-state index in [-0.39, 0.29) is 43.8 Å². The van der Waals surface area contributed by atoms with E-state index in [0.29, 0.717) is 32.6 Å². The molecule has 0 fully saturated rings. The highest BCUT2D eigenvalue weighted by atomic mass is 35.5.